The van der Waals surface area contributed by atoms with Gasteiger partial charge in [-0.1, -0.05) is 0 Å². The van der Waals surface area contributed by atoms with E-state index >= 15 is 0 Å². The Kier molecular flexibility index (Phi) is 6.96. The zero-order valence-corrected chi connectivity index (χ0v) is 19.7. The van der Waals surface area contributed by atoms with Crippen LogP contribution in [0.25, 0.3) is 21.9 Å². The highest BCUT2D eigenvalue weighted by molar-refractivity contribution is 6.16. The smallest absolute Gasteiger partial charge is 0.339 e. The Morgan fingerprint density at radius 3 is 1.82 bits per heavy atom. The molecule has 0 bridgehead atoms. The molecule has 0 aliphatic carbocycles. The van der Waals surface area contributed by atoms with Crippen LogP contribution in [0.3, 0.4) is 0 Å². The number of benzene rings is 3. The van der Waals surface area contributed by atoms with Crippen LogP contribution in [0.15, 0.2) is 30.3 Å². The van der Waals surface area contributed by atoms with Gasteiger partial charge in [-0.3, -0.25) is 0 Å². The lowest BCUT2D eigenvalue weighted by Crippen LogP contribution is -2.14. The second-order valence-corrected chi connectivity index (χ2v) is 7.11. The molecule has 0 saturated carbocycles. The van der Waals surface area contributed by atoms with Crippen LogP contribution >= 0.6 is 0 Å². The summed E-state index contributed by atoms with van der Waals surface area (Å²) in [5.41, 5.74) is 1.99. The van der Waals surface area contributed by atoms with Gasteiger partial charge in [0.2, 0.25) is 0 Å². The fourth-order valence-corrected chi connectivity index (χ4v) is 3.91. The first-order valence-electron chi connectivity index (χ1n) is 9.97. The molecule has 0 amide bonds. The van der Waals surface area contributed by atoms with E-state index in [1.165, 1.54) is 35.5 Å². The van der Waals surface area contributed by atoms with Crippen molar-refractivity contribution >= 4 is 22.7 Å². The van der Waals surface area contributed by atoms with Crippen LogP contribution in [-0.2, 0) is 9.47 Å². The lowest BCUT2D eigenvalue weighted by molar-refractivity contribution is 0.0556. The minimum atomic E-state index is -0.686. The number of methoxy groups -OCH3 is 6. The summed E-state index contributed by atoms with van der Waals surface area (Å²) >= 11 is 0. The molecule has 8 nitrogen and oxygen atoms in total. The van der Waals surface area contributed by atoms with Gasteiger partial charge in [-0.2, -0.15) is 0 Å². The number of rotatable bonds is 7. The summed E-state index contributed by atoms with van der Waals surface area (Å²) < 4.78 is 31.9. The molecule has 0 fully saturated rings. The molecule has 3 aromatic rings. The maximum absolute atomic E-state index is 13.0. The lowest BCUT2D eigenvalue weighted by atomic mass is 9.88. The quantitative estimate of drug-likeness (QED) is 0.485. The number of carbonyl (C=O) groups is 2. The van der Waals surface area contributed by atoms with Gasteiger partial charge in [-0.15, -0.1) is 0 Å². The summed E-state index contributed by atoms with van der Waals surface area (Å²) in [6.45, 7) is 1.86. The van der Waals surface area contributed by atoms with E-state index in [4.69, 9.17) is 28.4 Å². The van der Waals surface area contributed by atoms with Crippen molar-refractivity contribution in [3.63, 3.8) is 0 Å². The zero-order valence-electron chi connectivity index (χ0n) is 19.7. The molecular weight excluding hydrogens is 428 g/mol. The van der Waals surface area contributed by atoms with Crippen molar-refractivity contribution in [3.8, 4) is 34.1 Å². The Morgan fingerprint density at radius 1 is 0.667 bits per heavy atom. The molecule has 3 aromatic carbocycles. The highest BCUT2D eigenvalue weighted by atomic mass is 16.5. The lowest BCUT2D eigenvalue weighted by Gasteiger charge is -2.19. The Bertz CT molecular complexity index is 1230. The molecule has 0 aromatic heterocycles. The predicted octanol–water partition coefficient (Wildman–Crippen LogP) is 4.42. The van der Waals surface area contributed by atoms with Crippen LogP contribution in [0.4, 0.5) is 0 Å². The summed E-state index contributed by atoms with van der Waals surface area (Å²) in [5, 5.41) is 1.29. The molecule has 0 aliphatic rings. The van der Waals surface area contributed by atoms with Crippen LogP contribution in [0.1, 0.15) is 26.3 Å². The van der Waals surface area contributed by atoms with E-state index in [1.54, 1.807) is 31.4 Å². The summed E-state index contributed by atoms with van der Waals surface area (Å²) in [6, 6.07) is 8.65. The zero-order chi connectivity index (χ0) is 24.3. The highest BCUT2D eigenvalue weighted by Gasteiger charge is 2.28. The van der Waals surface area contributed by atoms with Gasteiger partial charge in [0, 0.05) is 5.56 Å². The second kappa shape index (κ2) is 9.68. The van der Waals surface area contributed by atoms with Gasteiger partial charge in [0.05, 0.1) is 53.8 Å². The number of esters is 2. The van der Waals surface area contributed by atoms with Gasteiger partial charge in [0.15, 0.2) is 23.0 Å². The van der Waals surface area contributed by atoms with Crippen LogP contribution in [0.2, 0.25) is 0 Å². The summed E-state index contributed by atoms with van der Waals surface area (Å²) in [7, 11) is 8.63. The molecule has 0 radical (unpaired) electrons. The monoisotopic (exact) mass is 454 g/mol. The van der Waals surface area contributed by atoms with E-state index in [1.807, 2.05) is 13.0 Å². The maximum Gasteiger partial charge on any atom is 0.339 e. The molecule has 0 N–H and O–H groups in total. The van der Waals surface area contributed by atoms with Crippen molar-refractivity contribution < 1.29 is 38.0 Å². The van der Waals surface area contributed by atoms with Crippen molar-refractivity contribution in [3.05, 3.63) is 47.0 Å². The standard InChI is InChI=1S/C25H26O8/c1-13-8-15(11-20(30-4)23(13)31-5)21-16-12-19(29-3)18(28-2)10-14(16)9-17(24(26)32-6)22(21)25(27)33-7/h8-12H,1-7H3. The predicted molar refractivity (Wildman–Crippen MR) is 123 cm³/mol. The number of carbonyl (C=O) groups excluding carboxylic acids is 2. The summed E-state index contributed by atoms with van der Waals surface area (Å²) in [6.07, 6.45) is 0. The van der Waals surface area contributed by atoms with Crippen LogP contribution in [-0.4, -0.2) is 54.6 Å². The number of ether oxygens (including phenoxy) is 6. The molecule has 0 heterocycles. The summed E-state index contributed by atoms with van der Waals surface area (Å²) in [5.74, 6) is 0.611. The van der Waals surface area contributed by atoms with Crippen LogP contribution in [0.5, 0.6) is 23.0 Å². The Hall–Kier alpha value is -3.94. The Balaban J connectivity index is 2.58. The van der Waals surface area contributed by atoms with Crippen LogP contribution < -0.4 is 18.9 Å². The number of hydrogen-bond acceptors (Lipinski definition) is 8. The highest BCUT2D eigenvalue weighted by Crippen LogP contribution is 2.44. The third kappa shape index (κ3) is 4.11. The van der Waals surface area contributed by atoms with E-state index in [-0.39, 0.29) is 11.1 Å². The van der Waals surface area contributed by atoms with Crippen LogP contribution in [0, 0.1) is 6.92 Å². The van der Waals surface area contributed by atoms with E-state index in [9.17, 15) is 9.59 Å². The van der Waals surface area contributed by atoms with Crippen molar-refractivity contribution in [2.75, 3.05) is 42.7 Å². The topological polar surface area (TPSA) is 89.5 Å². The van der Waals surface area contributed by atoms with Crippen molar-refractivity contribution in [2.45, 2.75) is 6.92 Å². The first-order chi connectivity index (χ1) is 15.8. The minimum absolute atomic E-state index is 0.0616. The summed E-state index contributed by atoms with van der Waals surface area (Å²) in [4.78, 5) is 25.7. The second-order valence-electron chi connectivity index (χ2n) is 7.11. The molecule has 0 spiro atoms. The molecule has 8 heteroatoms. The number of hydrogen-bond donors (Lipinski definition) is 0. The Morgan fingerprint density at radius 2 is 1.27 bits per heavy atom. The van der Waals surface area contributed by atoms with E-state index in [0.29, 0.717) is 44.9 Å². The normalized spacial score (nSPS) is 10.5. The van der Waals surface area contributed by atoms with Crippen molar-refractivity contribution in [1.82, 2.24) is 0 Å². The molecule has 0 aliphatic heterocycles. The molecule has 3 rings (SSSR count). The van der Waals surface area contributed by atoms with Gasteiger partial charge in [0.1, 0.15) is 0 Å². The van der Waals surface area contributed by atoms with Gasteiger partial charge in [0.25, 0.3) is 0 Å². The first kappa shape index (κ1) is 23.7. The Labute approximate surface area is 191 Å². The molecule has 33 heavy (non-hydrogen) atoms. The van der Waals surface area contributed by atoms with Gasteiger partial charge >= 0.3 is 11.9 Å². The van der Waals surface area contributed by atoms with Gasteiger partial charge < -0.3 is 28.4 Å². The fourth-order valence-electron chi connectivity index (χ4n) is 3.91. The third-order valence-electron chi connectivity index (χ3n) is 5.39. The molecule has 0 saturated heterocycles. The largest absolute Gasteiger partial charge is 0.493 e. The molecular formula is C25H26O8. The first-order valence-corrected chi connectivity index (χ1v) is 9.97. The third-order valence-corrected chi connectivity index (χ3v) is 5.39. The average molecular weight is 454 g/mol. The van der Waals surface area contributed by atoms with E-state index in [0.717, 1.165) is 5.56 Å². The van der Waals surface area contributed by atoms with Crippen molar-refractivity contribution in [2.24, 2.45) is 0 Å². The molecule has 174 valence electrons. The van der Waals surface area contributed by atoms with Gasteiger partial charge in [-0.25, -0.2) is 9.59 Å². The van der Waals surface area contributed by atoms with E-state index < -0.39 is 11.9 Å². The van der Waals surface area contributed by atoms with E-state index in [2.05, 4.69) is 0 Å². The maximum atomic E-state index is 13.0. The minimum Gasteiger partial charge on any atom is -0.493 e. The fraction of sp³-hybridized carbons (Fsp3) is 0.280. The number of fused-ring (bicyclic) bond motifs is 1. The number of aryl methyl sites for hydroxylation is 1. The average Bonchev–Trinajstić information content (AvgIpc) is 2.84. The SMILES string of the molecule is COC(=O)c1cc2cc(OC)c(OC)cc2c(-c2cc(C)c(OC)c(OC)c2)c1C(=O)OC. The van der Waals surface area contributed by atoms with Crippen molar-refractivity contribution in [1.29, 1.82) is 0 Å². The molecule has 0 atom stereocenters. The van der Waals surface area contributed by atoms with Gasteiger partial charge in [-0.05, 0) is 59.2 Å². The molecule has 0 unspecified atom stereocenters.